The molecule has 0 amide bonds. The predicted molar refractivity (Wildman–Crippen MR) is 80.4 cm³/mol. The van der Waals surface area contributed by atoms with Crippen molar-refractivity contribution in [3.05, 3.63) is 62.0 Å². The Kier molecular flexibility index (Phi) is 5.12. The minimum atomic E-state index is -0.661. The van der Waals surface area contributed by atoms with Crippen molar-refractivity contribution in [2.75, 3.05) is 0 Å². The third-order valence-corrected chi connectivity index (χ3v) is 4.01. The maximum atomic E-state index is 13.8. The number of benzene rings is 2. The van der Waals surface area contributed by atoms with E-state index in [0.29, 0.717) is 10.2 Å². The van der Waals surface area contributed by atoms with Crippen LogP contribution in [-0.4, -0.2) is 0 Å². The first-order valence-electron chi connectivity index (χ1n) is 5.77. The minimum Gasteiger partial charge on any atom is -0.487 e. The van der Waals surface area contributed by atoms with Crippen molar-refractivity contribution in [3.63, 3.8) is 0 Å². The molecule has 6 heteroatoms. The smallest absolute Gasteiger partial charge is 0.146 e. The number of hydrogen-bond acceptors (Lipinski definition) is 2. The molecule has 0 radical (unpaired) electrons. The zero-order chi connectivity index (χ0) is 14.7. The number of halogens is 4. The van der Waals surface area contributed by atoms with Crippen LogP contribution in [-0.2, 0) is 13.2 Å². The highest BCUT2D eigenvalue weighted by molar-refractivity contribution is 9.10. The van der Waals surface area contributed by atoms with E-state index in [0.717, 1.165) is 5.56 Å². The molecule has 2 aromatic rings. The maximum Gasteiger partial charge on any atom is 0.146 e. The van der Waals surface area contributed by atoms with E-state index < -0.39 is 11.6 Å². The molecule has 2 N–H and O–H groups in total. The molecular formula is C14H11Br2F2NO. The Morgan fingerprint density at radius 3 is 2.50 bits per heavy atom. The van der Waals surface area contributed by atoms with Crippen molar-refractivity contribution in [2.45, 2.75) is 13.2 Å². The minimum absolute atomic E-state index is 0.127. The Balaban J connectivity index is 2.28. The van der Waals surface area contributed by atoms with Gasteiger partial charge in [0.15, 0.2) is 0 Å². The van der Waals surface area contributed by atoms with Gasteiger partial charge in [-0.25, -0.2) is 8.78 Å². The van der Waals surface area contributed by atoms with Crippen LogP contribution >= 0.6 is 31.9 Å². The number of nitrogens with two attached hydrogens (primary N) is 1. The lowest BCUT2D eigenvalue weighted by Gasteiger charge is -2.13. The maximum absolute atomic E-state index is 13.8. The molecule has 20 heavy (non-hydrogen) atoms. The van der Waals surface area contributed by atoms with Crippen molar-refractivity contribution >= 4 is 31.9 Å². The van der Waals surface area contributed by atoms with Crippen molar-refractivity contribution in [1.82, 2.24) is 0 Å². The summed E-state index contributed by atoms with van der Waals surface area (Å²) in [5.41, 5.74) is 6.25. The van der Waals surface area contributed by atoms with Gasteiger partial charge in [-0.3, -0.25) is 0 Å². The van der Waals surface area contributed by atoms with E-state index >= 15 is 0 Å². The topological polar surface area (TPSA) is 35.2 Å². The van der Waals surface area contributed by atoms with Crippen LogP contribution in [0.1, 0.15) is 11.1 Å². The molecule has 0 bridgehead atoms. The molecule has 2 rings (SSSR count). The highest BCUT2D eigenvalue weighted by Crippen LogP contribution is 2.30. The van der Waals surface area contributed by atoms with Crippen LogP contribution in [0.5, 0.6) is 5.75 Å². The first-order chi connectivity index (χ1) is 9.54. The van der Waals surface area contributed by atoms with Gasteiger partial charge in [-0.2, -0.15) is 0 Å². The molecule has 2 nitrogen and oxygen atoms in total. The lowest BCUT2D eigenvalue weighted by molar-refractivity contribution is 0.287. The second-order valence-electron chi connectivity index (χ2n) is 4.04. The lowest BCUT2D eigenvalue weighted by Crippen LogP contribution is -2.06. The Hall–Kier alpha value is -0.980. The third-order valence-electron chi connectivity index (χ3n) is 2.77. The average Bonchev–Trinajstić information content (AvgIpc) is 2.44. The molecule has 0 saturated carbocycles. The summed E-state index contributed by atoms with van der Waals surface area (Å²) in [6.45, 7) is 0.0605. The summed E-state index contributed by atoms with van der Waals surface area (Å²) in [7, 11) is 0. The van der Waals surface area contributed by atoms with Gasteiger partial charge < -0.3 is 10.5 Å². The fraction of sp³-hybridized carbons (Fsp3) is 0.143. The first-order valence-corrected chi connectivity index (χ1v) is 7.35. The van der Waals surface area contributed by atoms with Gasteiger partial charge >= 0.3 is 0 Å². The normalized spacial score (nSPS) is 10.7. The van der Waals surface area contributed by atoms with Gasteiger partial charge in [0, 0.05) is 12.1 Å². The zero-order valence-corrected chi connectivity index (χ0v) is 13.5. The fourth-order valence-corrected chi connectivity index (χ4v) is 2.61. The summed E-state index contributed by atoms with van der Waals surface area (Å²) in [6.07, 6.45) is 0. The molecule has 0 unspecified atom stereocenters. The molecule has 0 aliphatic heterocycles. The predicted octanol–water partition coefficient (Wildman–Crippen LogP) is 4.53. The summed E-state index contributed by atoms with van der Waals surface area (Å²) < 4.78 is 33.9. The average molecular weight is 407 g/mol. The molecule has 2 aromatic carbocycles. The highest BCUT2D eigenvalue weighted by Gasteiger charge is 2.14. The molecule has 0 aliphatic carbocycles. The van der Waals surface area contributed by atoms with Crippen LogP contribution in [0, 0.1) is 11.6 Å². The molecule has 0 aromatic heterocycles. The Labute approximate surface area is 132 Å². The van der Waals surface area contributed by atoms with Crippen LogP contribution < -0.4 is 10.5 Å². The molecule has 0 heterocycles. The summed E-state index contributed by atoms with van der Waals surface area (Å²) in [5.74, 6) is -0.813. The monoisotopic (exact) mass is 405 g/mol. The number of ether oxygens (including phenoxy) is 1. The van der Waals surface area contributed by atoms with E-state index in [4.69, 9.17) is 10.5 Å². The van der Waals surface area contributed by atoms with E-state index in [1.165, 1.54) is 12.1 Å². The van der Waals surface area contributed by atoms with Crippen LogP contribution in [0.3, 0.4) is 0 Å². The van der Waals surface area contributed by atoms with Gasteiger partial charge in [0.25, 0.3) is 0 Å². The van der Waals surface area contributed by atoms with Crippen LogP contribution in [0.2, 0.25) is 0 Å². The van der Waals surface area contributed by atoms with E-state index in [-0.39, 0.29) is 23.2 Å². The van der Waals surface area contributed by atoms with Gasteiger partial charge in [0.05, 0.1) is 14.5 Å². The second-order valence-corrected chi connectivity index (χ2v) is 5.75. The molecule has 0 saturated heterocycles. The van der Waals surface area contributed by atoms with E-state index in [2.05, 4.69) is 31.9 Å². The molecule has 0 fully saturated rings. The van der Waals surface area contributed by atoms with Crippen molar-refractivity contribution in [1.29, 1.82) is 0 Å². The highest BCUT2D eigenvalue weighted by atomic mass is 79.9. The van der Waals surface area contributed by atoms with Gasteiger partial charge in [0.2, 0.25) is 0 Å². The van der Waals surface area contributed by atoms with Gasteiger partial charge in [-0.1, -0.05) is 12.1 Å². The van der Waals surface area contributed by atoms with Crippen LogP contribution in [0.25, 0.3) is 0 Å². The van der Waals surface area contributed by atoms with Gasteiger partial charge in [-0.15, -0.1) is 0 Å². The molecule has 0 aliphatic rings. The molecule has 0 atom stereocenters. The first kappa shape index (κ1) is 15.4. The Morgan fingerprint density at radius 1 is 1.05 bits per heavy atom. The standard InChI is InChI=1S/C14H11Br2F2NO/c15-10-4-5-12(17)9(13(10)18)7-20-14-8(6-19)2-1-3-11(14)16/h1-5H,6-7,19H2. The number of para-hydroxylation sites is 1. The van der Waals surface area contributed by atoms with Gasteiger partial charge in [-0.05, 0) is 50.1 Å². The zero-order valence-electron chi connectivity index (χ0n) is 10.3. The molecule has 106 valence electrons. The summed E-state index contributed by atoms with van der Waals surface area (Å²) in [4.78, 5) is 0. The van der Waals surface area contributed by atoms with Crippen LogP contribution in [0.4, 0.5) is 8.78 Å². The summed E-state index contributed by atoms with van der Waals surface area (Å²) >= 11 is 6.36. The van der Waals surface area contributed by atoms with E-state index in [9.17, 15) is 8.78 Å². The Bertz CT molecular complexity index is 635. The summed E-state index contributed by atoms with van der Waals surface area (Å²) in [6, 6.07) is 7.91. The second kappa shape index (κ2) is 6.65. The third kappa shape index (κ3) is 3.19. The van der Waals surface area contributed by atoms with Crippen molar-refractivity contribution < 1.29 is 13.5 Å². The fourth-order valence-electron chi connectivity index (χ4n) is 1.72. The van der Waals surface area contributed by atoms with Gasteiger partial charge in [0.1, 0.15) is 24.0 Å². The molecule has 0 spiro atoms. The summed E-state index contributed by atoms with van der Waals surface area (Å²) in [5, 5.41) is 0. The van der Waals surface area contributed by atoms with Crippen molar-refractivity contribution in [2.24, 2.45) is 5.73 Å². The molecular weight excluding hydrogens is 396 g/mol. The lowest BCUT2D eigenvalue weighted by atomic mass is 10.2. The number of rotatable bonds is 4. The van der Waals surface area contributed by atoms with E-state index in [1.807, 2.05) is 6.07 Å². The van der Waals surface area contributed by atoms with Crippen LogP contribution in [0.15, 0.2) is 39.3 Å². The SMILES string of the molecule is NCc1cccc(Br)c1OCc1c(F)ccc(Br)c1F. The largest absolute Gasteiger partial charge is 0.487 e. The van der Waals surface area contributed by atoms with E-state index in [1.54, 1.807) is 12.1 Å². The number of hydrogen-bond donors (Lipinski definition) is 1. The quantitative estimate of drug-likeness (QED) is 0.757. The van der Waals surface area contributed by atoms with Crippen molar-refractivity contribution in [3.8, 4) is 5.75 Å². The Morgan fingerprint density at radius 2 is 1.80 bits per heavy atom.